The van der Waals surface area contributed by atoms with Gasteiger partial charge in [0.2, 0.25) is 0 Å². The molecule has 0 aliphatic carbocycles. The number of hydrogen-bond donors (Lipinski definition) is 1. The van der Waals surface area contributed by atoms with Crippen molar-refractivity contribution in [2.75, 3.05) is 18.4 Å². The number of aromatic nitrogens is 2. The predicted molar refractivity (Wildman–Crippen MR) is 82.6 cm³/mol. The van der Waals surface area contributed by atoms with Gasteiger partial charge in [-0.2, -0.15) is 0 Å². The van der Waals surface area contributed by atoms with Crippen molar-refractivity contribution in [3.8, 4) is 0 Å². The van der Waals surface area contributed by atoms with Crippen molar-refractivity contribution >= 4 is 23.7 Å². The third kappa shape index (κ3) is 4.42. The van der Waals surface area contributed by atoms with Crippen molar-refractivity contribution in [3.05, 3.63) is 16.5 Å². The van der Waals surface area contributed by atoms with Gasteiger partial charge in [0.1, 0.15) is 16.8 Å². The highest BCUT2D eigenvalue weighted by molar-refractivity contribution is 6.32. The lowest BCUT2D eigenvalue weighted by molar-refractivity contribution is 0.112. The van der Waals surface area contributed by atoms with Gasteiger partial charge in [-0.3, -0.25) is 9.69 Å². The molecule has 5 nitrogen and oxygen atoms in total. The van der Waals surface area contributed by atoms with Crippen LogP contribution in [0.4, 0.5) is 5.82 Å². The molecule has 1 N–H and O–H groups in total. The quantitative estimate of drug-likeness (QED) is 0.619. The summed E-state index contributed by atoms with van der Waals surface area (Å²) in [5.41, 5.74) is 0.318. The number of aldehydes is 1. The molecule has 0 aliphatic rings. The summed E-state index contributed by atoms with van der Waals surface area (Å²) in [6.07, 6.45) is 0.687. The van der Waals surface area contributed by atoms with Crippen molar-refractivity contribution in [2.24, 2.45) is 0 Å². The molecule has 0 spiro atoms. The molecule has 0 fully saturated rings. The van der Waals surface area contributed by atoms with Crippen LogP contribution < -0.4 is 5.32 Å². The Balaban J connectivity index is 2.73. The molecule has 0 atom stereocenters. The zero-order valence-corrected chi connectivity index (χ0v) is 13.5. The molecule has 0 unspecified atom stereocenters. The molecular formula is C14H23ClN4O. The Morgan fingerprint density at radius 2 is 1.85 bits per heavy atom. The Morgan fingerprint density at radius 1 is 1.25 bits per heavy atom. The number of aryl methyl sites for hydroxylation is 1. The van der Waals surface area contributed by atoms with Crippen LogP contribution in [0.3, 0.4) is 0 Å². The Kier molecular flexibility index (Phi) is 6.36. The first-order valence-corrected chi connectivity index (χ1v) is 7.23. The molecule has 1 aromatic rings. The maximum atomic E-state index is 11.1. The second-order valence-corrected chi connectivity index (χ2v) is 5.65. The predicted octanol–water partition coefficient (Wildman–Crippen LogP) is 2.78. The van der Waals surface area contributed by atoms with Gasteiger partial charge in [0.25, 0.3) is 0 Å². The average Bonchev–Trinajstić information content (AvgIpc) is 2.33. The summed E-state index contributed by atoms with van der Waals surface area (Å²) in [7, 11) is 0. The van der Waals surface area contributed by atoms with Gasteiger partial charge in [-0.15, -0.1) is 0 Å². The van der Waals surface area contributed by atoms with Gasteiger partial charge in [-0.05, 0) is 34.6 Å². The highest BCUT2D eigenvalue weighted by atomic mass is 35.5. The molecule has 0 amide bonds. The van der Waals surface area contributed by atoms with E-state index in [2.05, 4.69) is 47.9 Å². The molecule has 1 aromatic heterocycles. The molecule has 1 heterocycles. The topological polar surface area (TPSA) is 58.1 Å². The molecule has 0 aromatic carbocycles. The SMILES string of the molecule is Cc1nc(Cl)c(C=O)c(NCCN(C(C)C)C(C)C)n1. The minimum Gasteiger partial charge on any atom is -0.368 e. The number of anilines is 1. The Morgan fingerprint density at radius 3 is 2.35 bits per heavy atom. The lowest BCUT2D eigenvalue weighted by atomic mass is 10.2. The van der Waals surface area contributed by atoms with E-state index in [1.807, 2.05) is 0 Å². The van der Waals surface area contributed by atoms with E-state index >= 15 is 0 Å². The molecule has 0 bridgehead atoms. The fourth-order valence-electron chi connectivity index (χ4n) is 2.20. The van der Waals surface area contributed by atoms with E-state index in [1.54, 1.807) is 6.92 Å². The second kappa shape index (κ2) is 7.55. The van der Waals surface area contributed by atoms with Crippen LogP contribution in [0.2, 0.25) is 5.15 Å². The summed E-state index contributed by atoms with van der Waals surface area (Å²) in [4.78, 5) is 21.6. The number of carbonyl (C=O) groups excluding carboxylic acids is 1. The first-order valence-electron chi connectivity index (χ1n) is 6.85. The lowest BCUT2D eigenvalue weighted by Crippen LogP contribution is -2.40. The van der Waals surface area contributed by atoms with Crippen LogP contribution in [0.15, 0.2) is 0 Å². The number of halogens is 1. The van der Waals surface area contributed by atoms with E-state index in [-0.39, 0.29) is 5.15 Å². The van der Waals surface area contributed by atoms with Gasteiger partial charge in [-0.1, -0.05) is 11.6 Å². The second-order valence-electron chi connectivity index (χ2n) is 5.29. The number of nitrogens with one attached hydrogen (secondary N) is 1. The Labute approximate surface area is 125 Å². The highest BCUT2D eigenvalue weighted by Crippen LogP contribution is 2.18. The van der Waals surface area contributed by atoms with E-state index in [4.69, 9.17) is 11.6 Å². The van der Waals surface area contributed by atoms with Crippen molar-refractivity contribution in [1.82, 2.24) is 14.9 Å². The highest BCUT2D eigenvalue weighted by Gasteiger charge is 2.14. The standard InChI is InChI=1S/C14H23ClN4O/c1-9(2)19(10(3)4)7-6-16-14-12(8-20)13(15)17-11(5)18-14/h8-10H,6-7H2,1-5H3,(H,16,17,18). The monoisotopic (exact) mass is 298 g/mol. The van der Waals surface area contributed by atoms with Crippen LogP contribution in [0, 0.1) is 6.92 Å². The lowest BCUT2D eigenvalue weighted by Gasteiger charge is -2.30. The zero-order chi connectivity index (χ0) is 15.3. The first-order chi connectivity index (χ1) is 9.36. The summed E-state index contributed by atoms with van der Waals surface area (Å²) >= 11 is 5.94. The maximum absolute atomic E-state index is 11.1. The summed E-state index contributed by atoms with van der Waals surface area (Å²) < 4.78 is 0. The molecule has 6 heteroatoms. The Hall–Kier alpha value is -1.20. The maximum Gasteiger partial charge on any atom is 0.156 e. The molecule has 20 heavy (non-hydrogen) atoms. The summed E-state index contributed by atoms with van der Waals surface area (Å²) in [5.74, 6) is 1.05. The van der Waals surface area contributed by atoms with Gasteiger partial charge in [0.05, 0.1) is 5.56 Å². The van der Waals surface area contributed by atoms with E-state index in [0.717, 1.165) is 6.54 Å². The molecule has 112 valence electrons. The van der Waals surface area contributed by atoms with Crippen LogP contribution in [-0.4, -0.2) is 46.3 Å². The third-order valence-corrected chi connectivity index (χ3v) is 3.41. The minimum absolute atomic E-state index is 0.194. The fraction of sp³-hybridized carbons (Fsp3) is 0.643. The zero-order valence-electron chi connectivity index (χ0n) is 12.8. The minimum atomic E-state index is 0.194. The molecular weight excluding hydrogens is 276 g/mol. The van der Waals surface area contributed by atoms with Crippen LogP contribution in [0.5, 0.6) is 0 Å². The van der Waals surface area contributed by atoms with Crippen molar-refractivity contribution in [1.29, 1.82) is 0 Å². The van der Waals surface area contributed by atoms with E-state index < -0.39 is 0 Å². The van der Waals surface area contributed by atoms with Crippen LogP contribution in [0.25, 0.3) is 0 Å². The summed E-state index contributed by atoms with van der Waals surface area (Å²) in [6.45, 7) is 12.0. The third-order valence-electron chi connectivity index (χ3n) is 3.12. The first kappa shape index (κ1) is 16.9. The smallest absolute Gasteiger partial charge is 0.156 e. The molecule has 0 radical (unpaired) electrons. The number of hydrogen-bond acceptors (Lipinski definition) is 5. The van der Waals surface area contributed by atoms with Gasteiger partial charge < -0.3 is 5.32 Å². The van der Waals surface area contributed by atoms with Crippen LogP contribution >= 0.6 is 11.6 Å². The summed E-state index contributed by atoms with van der Waals surface area (Å²) in [6, 6.07) is 0.941. The normalized spacial score (nSPS) is 11.4. The fourth-order valence-corrected chi connectivity index (χ4v) is 2.46. The average molecular weight is 299 g/mol. The molecule has 0 saturated heterocycles. The molecule has 0 aliphatic heterocycles. The Bertz CT molecular complexity index is 455. The molecule has 0 saturated carbocycles. The van der Waals surface area contributed by atoms with E-state index in [0.29, 0.717) is 42.1 Å². The van der Waals surface area contributed by atoms with Crippen LogP contribution in [-0.2, 0) is 0 Å². The van der Waals surface area contributed by atoms with Gasteiger partial charge >= 0.3 is 0 Å². The largest absolute Gasteiger partial charge is 0.368 e. The van der Waals surface area contributed by atoms with Crippen molar-refractivity contribution in [2.45, 2.75) is 46.7 Å². The molecule has 1 rings (SSSR count). The van der Waals surface area contributed by atoms with E-state index in [1.165, 1.54) is 0 Å². The summed E-state index contributed by atoms with van der Waals surface area (Å²) in [5, 5.41) is 3.37. The van der Waals surface area contributed by atoms with Gasteiger partial charge in [0.15, 0.2) is 6.29 Å². The van der Waals surface area contributed by atoms with Crippen LogP contribution in [0.1, 0.15) is 43.9 Å². The van der Waals surface area contributed by atoms with Crippen molar-refractivity contribution < 1.29 is 4.79 Å². The number of nitrogens with zero attached hydrogens (tertiary/aromatic N) is 3. The van der Waals surface area contributed by atoms with E-state index in [9.17, 15) is 4.79 Å². The number of rotatable bonds is 7. The van der Waals surface area contributed by atoms with Crippen molar-refractivity contribution in [3.63, 3.8) is 0 Å². The van der Waals surface area contributed by atoms with Gasteiger partial charge in [-0.25, -0.2) is 9.97 Å². The van der Waals surface area contributed by atoms with Gasteiger partial charge in [0, 0.05) is 25.2 Å². The number of carbonyl (C=O) groups is 1.